The van der Waals surface area contributed by atoms with Crippen molar-refractivity contribution in [1.82, 2.24) is 4.90 Å². The second-order valence-corrected chi connectivity index (χ2v) is 12.8. The first kappa shape index (κ1) is 21.5. The maximum Gasteiger partial charge on any atom is 0.260 e. The quantitative estimate of drug-likeness (QED) is 0.634. The van der Waals surface area contributed by atoms with E-state index in [1.165, 1.54) is 73.5 Å². The van der Waals surface area contributed by atoms with Gasteiger partial charge in [-0.25, -0.2) is 10.0 Å². The molecule has 0 saturated carbocycles. The van der Waals surface area contributed by atoms with Crippen LogP contribution < -0.4 is 4.74 Å². The third-order valence-electron chi connectivity index (χ3n) is 6.55. The largest absolute Gasteiger partial charge is 0.484 e. The minimum absolute atomic E-state index is 0.133. The van der Waals surface area contributed by atoms with E-state index in [9.17, 15) is 4.79 Å². The van der Waals surface area contributed by atoms with Crippen molar-refractivity contribution >= 4 is 15.9 Å². The Kier molecular flexibility index (Phi) is 8.13. The topological polar surface area (TPSA) is 29.5 Å². The number of hydrogen-bond acceptors (Lipinski definition) is 2. The lowest BCUT2D eigenvalue weighted by Gasteiger charge is -2.36. The molecule has 2 aliphatic heterocycles. The number of nitrogens with zero attached hydrogens (tertiary/aromatic N) is 1. The van der Waals surface area contributed by atoms with Crippen LogP contribution in [0, 0.1) is 12.8 Å². The molecule has 2 fully saturated rings. The number of rotatable bonds is 6. The van der Waals surface area contributed by atoms with Crippen LogP contribution in [-0.4, -0.2) is 53.5 Å². The average Bonchev–Trinajstić information content (AvgIpc) is 3.14. The summed E-state index contributed by atoms with van der Waals surface area (Å²) in [5.74, 6) is 7.50. The fraction of sp³-hybridized carbons (Fsp3) is 0.708. The van der Waals surface area contributed by atoms with Crippen molar-refractivity contribution in [2.75, 3.05) is 42.7 Å². The molecule has 0 bridgehead atoms. The van der Waals surface area contributed by atoms with Gasteiger partial charge in [0.15, 0.2) is 6.61 Å². The number of carbonyl (C=O) groups excluding carboxylic acids is 1. The molecule has 1 aromatic carbocycles. The number of benzene rings is 1. The molecule has 3 nitrogen and oxygen atoms in total. The van der Waals surface area contributed by atoms with Crippen molar-refractivity contribution < 1.29 is 9.53 Å². The Hall–Kier alpha value is -1.16. The highest BCUT2D eigenvalue weighted by Crippen LogP contribution is 2.57. The summed E-state index contributed by atoms with van der Waals surface area (Å²) in [5.41, 5.74) is 1.21. The smallest absolute Gasteiger partial charge is 0.260 e. The standard InChI is InChI=1S/C24H39NO2S/c1-3-25(24(26)19-27-23-12-10-21(2)11-13-23)18-22-14-17-28(20-22)15-8-6-4-5-7-9-16-28/h10-13,22H,3-9,14-20H2,1-2H3. The van der Waals surface area contributed by atoms with Crippen LogP contribution in [0.25, 0.3) is 0 Å². The van der Waals surface area contributed by atoms with Gasteiger partial charge in [0.1, 0.15) is 5.75 Å². The van der Waals surface area contributed by atoms with E-state index >= 15 is 0 Å². The van der Waals surface area contributed by atoms with Gasteiger partial charge in [-0.2, -0.15) is 0 Å². The van der Waals surface area contributed by atoms with Gasteiger partial charge in [0.25, 0.3) is 5.91 Å². The lowest BCUT2D eigenvalue weighted by Crippen LogP contribution is -2.38. The number of hydrogen-bond donors (Lipinski definition) is 0. The molecule has 3 rings (SSSR count). The predicted octanol–water partition coefficient (Wildman–Crippen LogP) is 5.40. The van der Waals surface area contributed by atoms with Crippen LogP contribution in [0.5, 0.6) is 5.75 Å². The van der Waals surface area contributed by atoms with Crippen molar-refractivity contribution in [3.63, 3.8) is 0 Å². The summed E-state index contributed by atoms with van der Waals surface area (Å²) in [7, 11) is -0.403. The Morgan fingerprint density at radius 1 is 1.04 bits per heavy atom. The summed E-state index contributed by atoms with van der Waals surface area (Å²) in [4.78, 5) is 14.8. The Morgan fingerprint density at radius 2 is 1.68 bits per heavy atom. The molecule has 4 heteroatoms. The number of aryl methyl sites for hydroxylation is 1. The van der Waals surface area contributed by atoms with Gasteiger partial charge in [-0.15, -0.1) is 0 Å². The summed E-state index contributed by atoms with van der Waals surface area (Å²) >= 11 is 0. The van der Waals surface area contributed by atoms with Gasteiger partial charge in [0, 0.05) is 13.1 Å². The van der Waals surface area contributed by atoms with E-state index in [1.807, 2.05) is 29.2 Å². The van der Waals surface area contributed by atoms with Crippen LogP contribution in [0.4, 0.5) is 0 Å². The van der Waals surface area contributed by atoms with Crippen LogP contribution in [-0.2, 0) is 4.79 Å². The number of ether oxygens (including phenoxy) is 1. The lowest BCUT2D eigenvalue weighted by molar-refractivity contribution is -0.133. The molecular formula is C24H39NO2S. The summed E-state index contributed by atoms with van der Waals surface area (Å²) < 4.78 is 5.74. The van der Waals surface area contributed by atoms with Gasteiger partial charge in [-0.3, -0.25) is 4.79 Å². The summed E-state index contributed by atoms with van der Waals surface area (Å²) in [5, 5.41) is 0. The molecule has 0 N–H and O–H groups in total. The van der Waals surface area contributed by atoms with Gasteiger partial charge in [0.05, 0.1) is 0 Å². The number of carbonyl (C=O) groups is 1. The van der Waals surface area contributed by atoms with Crippen LogP contribution >= 0.6 is 10.0 Å². The molecule has 1 unspecified atom stereocenters. The fourth-order valence-electron chi connectivity index (χ4n) is 4.81. The Morgan fingerprint density at radius 3 is 2.32 bits per heavy atom. The van der Waals surface area contributed by atoms with Gasteiger partial charge in [-0.1, -0.05) is 43.4 Å². The second kappa shape index (κ2) is 10.6. The molecule has 0 aliphatic carbocycles. The maximum atomic E-state index is 12.7. The Bertz CT molecular complexity index is 606. The van der Waals surface area contributed by atoms with E-state index in [4.69, 9.17) is 4.74 Å². The minimum Gasteiger partial charge on any atom is -0.484 e. The fourth-order valence-corrected chi connectivity index (χ4v) is 9.66. The SMILES string of the molecule is CCN(CC1CCS2(CCCCCCCC2)C1)C(=O)COc1ccc(C)cc1. The van der Waals surface area contributed by atoms with Crippen molar-refractivity contribution in [2.24, 2.45) is 5.92 Å². The normalized spacial score (nSPS) is 23.4. The van der Waals surface area contributed by atoms with Gasteiger partial charge >= 0.3 is 0 Å². The highest BCUT2D eigenvalue weighted by molar-refractivity contribution is 8.33. The molecule has 1 amide bonds. The Balaban J connectivity index is 1.49. The third-order valence-corrected chi connectivity index (χ3v) is 11.1. The minimum atomic E-state index is -0.403. The highest BCUT2D eigenvalue weighted by atomic mass is 32.3. The van der Waals surface area contributed by atoms with Crippen molar-refractivity contribution in [1.29, 1.82) is 0 Å². The molecule has 2 saturated heterocycles. The maximum absolute atomic E-state index is 12.7. The molecule has 28 heavy (non-hydrogen) atoms. The molecule has 158 valence electrons. The zero-order chi connectivity index (χ0) is 19.8. The van der Waals surface area contributed by atoms with E-state index < -0.39 is 10.0 Å². The van der Waals surface area contributed by atoms with Crippen LogP contribution in [0.1, 0.15) is 57.4 Å². The van der Waals surface area contributed by atoms with E-state index in [-0.39, 0.29) is 12.5 Å². The van der Waals surface area contributed by atoms with Crippen molar-refractivity contribution in [2.45, 2.75) is 58.8 Å². The number of likely N-dealkylation sites (N-methyl/N-ethyl adjacent to an activating group) is 1. The van der Waals surface area contributed by atoms with Crippen LogP contribution in [0.15, 0.2) is 24.3 Å². The molecule has 1 spiro atoms. The summed E-state index contributed by atoms with van der Waals surface area (Å²) in [6, 6.07) is 7.94. The van der Waals surface area contributed by atoms with Gasteiger partial charge in [0.2, 0.25) is 0 Å². The van der Waals surface area contributed by atoms with E-state index in [0.29, 0.717) is 5.92 Å². The first-order chi connectivity index (χ1) is 13.6. The highest BCUT2D eigenvalue weighted by Gasteiger charge is 2.35. The summed E-state index contributed by atoms with van der Waals surface area (Å²) in [6.45, 7) is 6.03. The van der Waals surface area contributed by atoms with E-state index in [2.05, 4.69) is 13.8 Å². The molecule has 2 heterocycles. The Labute approximate surface area is 173 Å². The summed E-state index contributed by atoms with van der Waals surface area (Å²) in [6.07, 6.45) is 9.99. The predicted molar refractivity (Wildman–Crippen MR) is 122 cm³/mol. The monoisotopic (exact) mass is 405 g/mol. The molecular weight excluding hydrogens is 366 g/mol. The first-order valence-corrected chi connectivity index (χ1v) is 13.6. The van der Waals surface area contributed by atoms with E-state index in [0.717, 1.165) is 18.8 Å². The lowest BCUT2D eigenvalue weighted by atomic mass is 10.1. The third kappa shape index (κ3) is 6.17. The van der Waals surface area contributed by atoms with Crippen molar-refractivity contribution in [3.05, 3.63) is 29.8 Å². The van der Waals surface area contributed by atoms with Crippen molar-refractivity contribution in [3.8, 4) is 5.75 Å². The molecule has 0 aromatic heterocycles. The number of amides is 1. The molecule has 1 aromatic rings. The molecule has 2 aliphatic rings. The first-order valence-electron chi connectivity index (χ1n) is 11.3. The molecule has 0 radical (unpaired) electrons. The van der Waals surface area contributed by atoms with Crippen LogP contribution in [0.2, 0.25) is 0 Å². The second-order valence-electron chi connectivity index (χ2n) is 8.81. The molecule has 1 atom stereocenters. The zero-order valence-electron chi connectivity index (χ0n) is 18.0. The zero-order valence-corrected chi connectivity index (χ0v) is 18.8. The van der Waals surface area contributed by atoms with Crippen LogP contribution in [0.3, 0.4) is 0 Å². The average molecular weight is 406 g/mol. The van der Waals surface area contributed by atoms with Gasteiger partial charge in [-0.05, 0) is 74.2 Å². The van der Waals surface area contributed by atoms with E-state index in [1.54, 1.807) is 0 Å². The van der Waals surface area contributed by atoms with Gasteiger partial charge < -0.3 is 9.64 Å².